The van der Waals surface area contributed by atoms with Crippen LogP contribution in [0.4, 0.5) is 0 Å². The molecule has 0 aromatic heterocycles. The molecule has 0 N–H and O–H groups in total. The Morgan fingerprint density at radius 3 is 2.33 bits per heavy atom. The monoisotopic (exact) mass is 208 g/mol. The third kappa shape index (κ3) is 2.29. The number of aldehydes is 1. The first-order chi connectivity index (χ1) is 7.05. The maximum absolute atomic E-state index is 11.0. The van der Waals surface area contributed by atoms with Crippen molar-refractivity contribution in [1.29, 1.82) is 0 Å². The van der Waals surface area contributed by atoms with Gasteiger partial charge in [0.15, 0.2) is 0 Å². The van der Waals surface area contributed by atoms with Crippen molar-refractivity contribution in [3.63, 3.8) is 0 Å². The lowest BCUT2D eigenvalue weighted by molar-refractivity contribution is -0.111. The number of carbonyl (C=O) groups is 1. The van der Waals surface area contributed by atoms with Crippen molar-refractivity contribution < 1.29 is 14.3 Å². The van der Waals surface area contributed by atoms with Gasteiger partial charge in [-0.25, -0.2) is 0 Å². The Morgan fingerprint density at radius 1 is 1.20 bits per heavy atom. The summed E-state index contributed by atoms with van der Waals surface area (Å²) in [7, 11) is 3.18. The van der Waals surface area contributed by atoms with Gasteiger partial charge in [0.25, 0.3) is 0 Å². The first-order valence-electron chi connectivity index (χ1n) is 4.74. The highest BCUT2D eigenvalue weighted by Gasteiger charge is 2.23. The fourth-order valence-electron chi connectivity index (χ4n) is 1.39. The van der Waals surface area contributed by atoms with E-state index in [-0.39, 0.29) is 0 Å². The largest absolute Gasteiger partial charge is 0.497 e. The van der Waals surface area contributed by atoms with Gasteiger partial charge in [-0.1, -0.05) is 6.07 Å². The van der Waals surface area contributed by atoms with Crippen LogP contribution in [-0.4, -0.2) is 20.5 Å². The molecule has 0 saturated carbocycles. The Balaban J connectivity index is 3.24. The Hall–Kier alpha value is -1.51. The van der Waals surface area contributed by atoms with Crippen molar-refractivity contribution in [2.24, 2.45) is 0 Å². The van der Waals surface area contributed by atoms with E-state index in [1.54, 1.807) is 20.3 Å². The van der Waals surface area contributed by atoms with E-state index in [1.165, 1.54) is 0 Å². The Labute approximate surface area is 90.0 Å². The standard InChI is InChI=1S/C12H16O3/c1-12(2,8-13)10-6-5-9(14-3)7-11(10)15-4/h5-8H,1-4H3. The van der Waals surface area contributed by atoms with Crippen LogP contribution in [-0.2, 0) is 10.2 Å². The molecule has 0 unspecified atom stereocenters. The van der Waals surface area contributed by atoms with Gasteiger partial charge in [-0.2, -0.15) is 0 Å². The molecule has 1 aromatic rings. The molecule has 0 heterocycles. The summed E-state index contributed by atoms with van der Waals surface area (Å²) < 4.78 is 10.3. The van der Waals surface area contributed by atoms with E-state index < -0.39 is 5.41 Å². The molecule has 0 spiro atoms. The topological polar surface area (TPSA) is 35.5 Å². The Morgan fingerprint density at radius 2 is 1.87 bits per heavy atom. The van der Waals surface area contributed by atoms with Gasteiger partial charge in [-0.05, 0) is 19.9 Å². The van der Waals surface area contributed by atoms with Gasteiger partial charge in [0.05, 0.1) is 14.2 Å². The summed E-state index contributed by atoms with van der Waals surface area (Å²) in [5.41, 5.74) is 0.318. The van der Waals surface area contributed by atoms with E-state index in [0.29, 0.717) is 5.75 Å². The van der Waals surface area contributed by atoms with Crippen molar-refractivity contribution in [3.05, 3.63) is 23.8 Å². The van der Waals surface area contributed by atoms with Crippen molar-refractivity contribution in [1.82, 2.24) is 0 Å². The second-order valence-corrected chi connectivity index (χ2v) is 3.91. The van der Waals surface area contributed by atoms with Crippen LogP contribution in [0.2, 0.25) is 0 Å². The number of methoxy groups -OCH3 is 2. The molecule has 1 aromatic carbocycles. The van der Waals surface area contributed by atoms with Crippen LogP contribution in [0.25, 0.3) is 0 Å². The van der Waals surface area contributed by atoms with Crippen LogP contribution < -0.4 is 9.47 Å². The van der Waals surface area contributed by atoms with Gasteiger partial charge >= 0.3 is 0 Å². The molecule has 0 fully saturated rings. The lowest BCUT2D eigenvalue weighted by Crippen LogP contribution is -2.19. The van der Waals surface area contributed by atoms with Crippen molar-refractivity contribution in [3.8, 4) is 11.5 Å². The summed E-state index contributed by atoms with van der Waals surface area (Å²) >= 11 is 0. The molecule has 0 bridgehead atoms. The van der Waals surface area contributed by atoms with Gasteiger partial charge < -0.3 is 14.3 Å². The molecule has 0 aliphatic rings. The first-order valence-corrected chi connectivity index (χ1v) is 4.74. The van der Waals surface area contributed by atoms with Crippen LogP contribution in [0.1, 0.15) is 19.4 Å². The van der Waals surface area contributed by atoms with Gasteiger partial charge in [0, 0.05) is 17.0 Å². The molecule has 3 nitrogen and oxygen atoms in total. The third-order valence-electron chi connectivity index (χ3n) is 2.40. The predicted molar refractivity (Wildman–Crippen MR) is 58.6 cm³/mol. The molecule has 0 amide bonds. The molecule has 15 heavy (non-hydrogen) atoms. The number of hydrogen-bond donors (Lipinski definition) is 0. The highest BCUT2D eigenvalue weighted by atomic mass is 16.5. The normalized spacial score (nSPS) is 10.9. The predicted octanol–water partition coefficient (Wildman–Crippen LogP) is 2.18. The molecule has 3 heteroatoms. The van der Waals surface area contributed by atoms with Crippen LogP contribution in [0.15, 0.2) is 18.2 Å². The number of ether oxygens (including phenoxy) is 2. The molecule has 0 saturated heterocycles. The molecular formula is C12H16O3. The maximum atomic E-state index is 11.0. The van der Waals surface area contributed by atoms with Gasteiger partial charge in [0.2, 0.25) is 0 Å². The van der Waals surface area contributed by atoms with E-state index >= 15 is 0 Å². The van der Waals surface area contributed by atoms with Gasteiger partial charge in [-0.3, -0.25) is 0 Å². The summed E-state index contributed by atoms with van der Waals surface area (Å²) in [5.74, 6) is 1.39. The number of benzene rings is 1. The maximum Gasteiger partial charge on any atom is 0.130 e. The zero-order valence-electron chi connectivity index (χ0n) is 9.53. The molecule has 0 radical (unpaired) electrons. The van der Waals surface area contributed by atoms with E-state index in [9.17, 15) is 4.79 Å². The summed E-state index contributed by atoms with van der Waals surface area (Å²) in [5, 5.41) is 0. The van der Waals surface area contributed by atoms with Crippen LogP contribution in [0.5, 0.6) is 11.5 Å². The highest BCUT2D eigenvalue weighted by Crippen LogP contribution is 2.32. The fourth-order valence-corrected chi connectivity index (χ4v) is 1.39. The van der Waals surface area contributed by atoms with Crippen LogP contribution in [0.3, 0.4) is 0 Å². The molecule has 0 aliphatic heterocycles. The van der Waals surface area contributed by atoms with Gasteiger partial charge in [0.1, 0.15) is 17.8 Å². The number of carbonyl (C=O) groups excluding carboxylic acids is 1. The minimum Gasteiger partial charge on any atom is -0.497 e. The van der Waals surface area contributed by atoms with E-state index in [1.807, 2.05) is 26.0 Å². The Bertz CT molecular complexity index is 356. The van der Waals surface area contributed by atoms with Crippen molar-refractivity contribution >= 4 is 6.29 Å². The van der Waals surface area contributed by atoms with E-state index in [0.717, 1.165) is 17.6 Å². The minimum atomic E-state index is -0.544. The molecule has 0 atom stereocenters. The van der Waals surface area contributed by atoms with E-state index in [2.05, 4.69) is 0 Å². The second-order valence-electron chi connectivity index (χ2n) is 3.91. The second kappa shape index (κ2) is 4.34. The average molecular weight is 208 g/mol. The number of hydrogen-bond acceptors (Lipinski definition) is 3. The molecule has 1 rings (SSSR count). The zero-order chi connectivity index (χ0) is 11.5. The summed E-state index contributed by atoms with van der Waals surface area (Å²) in [6.45, 7) is 3.70. The van der Waals surface area contributed by atoms with Crippen LogP contribution in [0, 0.1) is 0 Å². The summed E-state index contributed by atoms with van der Waals surface area (Å²) in [6, 6.07) is 5.45. The van der Waals surface area contributed by atoms with Crippen molar-refractivity contribution in [2.45, 2.75) is 19.3 Å². The summed E-state index contributed by atoms with van der Waals surface area (Å²) in [6.07, 6.45) is 0.914. The smallest absolute Gasteiger partial charge is 0.130 e. The molecular weight excluding hydrogens is 192 g/mol. The SMILES string of the molecule is COc1ccc(C(C)(C)C=O)c(OC)c1. The number of rotatable bonds is 4. The lowest BCUT2D eigenvalue weighted by Gasteiger charge is -2.20. The molecule has 82 valence electrons. The van der Waals surface area contributed by atoms with Crippen LogP contribution >= 0.6 is 0 Å². The van der Waals surface area contributed by atoms with Crippen molar-refractivity contribution in [2.75, 3.05) is 14.2 Å². The first kappa shape index (κ1) is 11.6. The van der Waals surface area contributed by atoms with E-state index in [4.69, 9.17) is 9.47 Å². The zero-order valence-corrected chi connectivity index (χ0v) is 9.53. The lowest BCUT2D eigenvalue weighted by atomic mass is 9.85. The minimum absolute atomic E-state index is 0.544. The quantitative estimate of drug-likeness (QED) is 0.711. The molecule has 0 aliphatic carbocycles. The third-order valence-corrected chi connectivity index (χ3v) is 2.40. The fraction of sp³-hybridized carbons (Fsp3) is 0.417. The highest BCUT2D eigenvalue weighted by molar-refractivity contribution is 5.69. The Kier molecular flexibility index (Phi) is 3.35. The average Bonchev–Trinajstić information content (AvgIpc) is 2.28. The summed E-state index contributed by atoms with van der Waals surface area (Å²) in [4.78, 5) is 11.0. The van der Waals surface area contributed by atoms with Gasteiger partial charge in [-0.15, -0.1) is 0 Å².